The minimum Gasteiger partial charge on any atom is -0.397 e. The number of anilines is 1. The Hall–Kier alpha value is -1.33. The number of hydrogen-bond acceptors (Lipinski definition) is 4. The Labute approximate surface area is 99.1 Å². The van der Waals surface area contributed by atoms with E-state index >= 15 is 0 Å². The third-order valence-electron chi connectivity index (χ3n) is 1.90. The average Bonchev–Trinajstić information content (AvgIpc) is 2.69. The molecule has 1 aromatic heterocycles. The van der Waals surface area contributed by atoms with Gasteiger partial charge in [-0.05, 0) is 17.9 Å². The van der Waals surface area contributed by atoms with E-state index in [2.05, 4.69) is 11.9 Å². The quantitative estimate of drug-likeness (QED) is 0.562. The van der Waals surface area contributed by atoms with Crippen molar-refractivity contribution in [3.05, 3.63) is 29.0 Å². The van der Waals surface area contributed by atoms with Crippen molar-refractivity contribution in [3.63, 3.8) is 0 Å². The number of hydrogen-bond donors (Lipinski definition) is 2. The number of carbonyl (C=O) groups excluding carboxylic acids is 1. The fourth-order valence-corrected chi connectivity index (χ4v) is 1.82. The maximum absolute atomic E-state index is 11.6. The van der Waals surface area contributed by atoms with Crippen molar-refractivity contribution in [1.82, 2.24) is 5.32 Å². The van der Waals surface area contributed by atoms with Gasteiger partial charge in [-0.25, -0.2) is 0 Å². The van der Waals surface area contributed by atoms with E-state index in [0.717, 1.165) is 6.42 Å². The van der Waals surface area contributed by atoms with Gasteiger partial charge in [0.1, 0.15) is 4.88 Å². The smallest absolute Gasteiger partial charge is 0.263 e. The van der Waals surface area contributed by atoms with Crippen molar-refractivity contribution >= 4 is 22.9 Å². The lowest BCUT2D eigenvalue weighted by molar-refractivity contribution is 0.0922. The average molecular weight is 240 g/mol. The molecule has 0 unspecified atom stereocenters. The fourth-order valence-electron chi connectivity index (χ4n) is 1.09. The Morgan fingerprint density at radius 2 is 2.44 bits per heavy atom. The van der Waals surface area contributed by atoms with E-state index in [1.165, 1.54) is 11.3 Å². The van der Waals surface area contributed by atoms with Gasteiger partial charge in [0.15, 0.2) is 0 Å². The van der Waals surface area contributed by atoms with E-state index in [1.807, 2.05) is 0 Å². The van der Waals surface area contributed by atoms with Crippen LogP contribution in [0, 0.1) is 0 Å². The van der Waals surface area contributed by atoms with E-state index in [4.69, 9.17) is 10.5 Å². The molecular weight excluding hydrogens is 224 g/mol. The summed E-state index contributed by atoms with van der Waals surface area (Å²) in [4.78, 5) is 12.1. The third-order valence-corrected chi connectivity index (χ3v) is 2.83. The van der Waals surface area contributed by atoms with Gasteiger partial charge < -0.3 is 15.8 Å². The van der Waals surface area contributed by atoms with Crippen LogP contribution in [0.25, 0.3) is 0 Å². The van der Waals surface area contributed by atoms with Gasteiger partial charge in [0.05, 0.1) is 18.9 Å². The number of thiophene rings is 1. The topological polar surface area (TPSA) is 64.3 Å². The SMILES string of the molecule is C=CCCOCCNC(=O)c1sccc1N. The predicted molar refractivity (Wildman–Crippen MR) is 66.7 cm³/mol. The van der Waals surface area contributed by atoms with Gasteiger partial charge in [-0.3, -0.25) is 4.79 Å². The molecule has 1 heterocycles. The lowest BCUT2D eigenvalue weighted by atomic mass is 10.4. The first-order chi connectivity index (χ1) is 7.75. The van der Waals surface area contributed by atoms with Crippen LogP contribution in [0.2, 0.25) is 0 Å². The van der Waals surface area contributed by atoms with Crippen molar-refractivity contribution in [2.45, 2.75) is 6.42 Å². The fraction of sp³-hybridized carbons (Fsp3) is 0.364. The number of carbonyl (C=O) groups is 1. The van der Waals surface area contributed by atoms with Crippen molar-refractivity contribution < 1.29 is 9.53 Å². The van der Waals surface area contributed by atoms with Crippen LogP contribution in [-0.4, -0.2) is 25.7 Å². The first-order valence-corrected chi connectivity index (χ1v) is 5.93. The van der Waals surface area contributed by atoms with Gasteiger partial charge >= 0.3 is 0 Å². The molecule has 0 saturated heterocycles. The van der Waals surface area contributed by atoms with Gasteiger partial charge in [-0.2, -0.15) is 0 Å². The van der Waals surface area contributed by atoms with Gasteiger partial charge in [-0.15, -0.1) is 17.9 Å². The molecule has 1 rings (SSSR count). The van der Waals surface area contributed by atoms with Crippen molar-refractivity contribution in [3.8, 4) is 0 Å². The second-order valence-corrected chi connectivity index (χ2v) is 4.07. The van der Waals surface area contributed by atoms with Crippen LogP contribution in [0.5, 0.6) is 0 Å². The number of nitrogen functional groups attached to an aromatic ring is 1. The van der Waals surface area contributed by atoms with Gasteiger partial charge in [0.25, 0.3) is 5.91 Å². The van der Waals surface area contributed by atoms with Gasteiger partial charge in [0, 0.05) is 6.54 Å². The van der Waals surface area contributed by atoms with Crippen LogP contribution < -0.4 is 11.1 Å². The molecule has 0 atom stereocenters. The molecule has 0 aliphatic heterocycles. The van der Waals surface area contributed by atoms with Crippen LogP contribution in [0.3, 0.4) is 0 Å². The highest BCUT2D eigenvalue weighted by Crippen LogP contribution is 2.17. The summed E-state index contributed by atoms with van der Waals surface area (Å²) in [6.45, 7) is 5.23. The third kappa shape index (κ3) is 4.04. The van der Waals surface area contributed by atoms with Crippen molar-refractivity contribution in [1.29, 1.82) is 0 Å². The monoisotopic (exact) mass is 240 g/mol. The van der Waals surface area contributed by atoms with E-state index in [-0.39, 0.29) is 5.91 Å². The molecule has 3 N–H and O–H groups in total. The molecule has 0 fully saturated rings. The molecule has 1 aromatic rings. The van der Waals surface area contributed by atoms with E-state index in [0.29, 0.717) is 30.3 Å². The molecule has 0 bridgehead atoms. The molecular formula is C11H16N2O2S. The summed E-state index contributed by atoms with van der Waals surface area (Å²) in [5.74, 6) is -0.139. The molecule has 5 heteroatoms. The molecule has 16 heavy (non-hydrogen) atoms. The maximum Gasteiger partial charge on any atom is 0.263 e. The Balaban J connectivity index is 2.16. The minimum atomic E-state index is -0.139. The zero-order chi connectivity index (χ0) is 11.8. The standard InChI is InChI=1S/C11H16N2O2S/c1-2-3-6-15-7-5-13-11(14)10-9(12)4-8-16-10/h2,4,8H,1,3,5-7,12H2,(H,13,14). The summed E-state index contributed by atoms with van der Waals surface area (Å²) in [6, 6.07) is 1.72. The van der Waals surface area contributed by atoms with Crippen molar-refractivity contribution in [2.24, 2.45) is 0 Å². The lowest BCUT2D eigenvalue weighted by Crippen LogP contribution is -2.27. The first kappa shape index (κ1) is 12.7. The summed E-state index contributed by atoms with van der Waals surface area (Å²) in [5, 5.41) is 4.54. The molecule has 1 amide bonds. The molecule has 4 nitrogen and oxygen atoms in total. The minimum absolute atomic E-state index is 0.139. The molecule has 0 aliphatic carbocycles. The summed E-state index contributed by atoms with van der Waals surface area (Å²) in [5.41, 5.74) is 6.14. The summed E-state index contributed by atoms with van der Waals surface area (Å²) >= 11 is 1.34. The summed E-state index contributed by atoms with van der Waals surface area (Å²) in [6.07, 6.45) is 2.62. The second-order valence-electron chi connectivity index (χ2n) is 3.15. The van der Waals surface area contributed by atoms with E-state index in [9.17, 15) is 4.79 Å². The normalized spacial score (nSPS) is 10.0. The number of nitrogens with one attached hydrogen (secondary N) is 1. The van der Waals surface area contributed by atoms with Crippen LogP contribution in [0.1, 0.15) is 16.1 Å². The molecule has 0 spiro atoms. The lowest BCUT2D eigenvalue weighted by Gasteiger charge is -2.04. The van der Waals surface area contributed by atoms with E-state index in [1.54, 1.807) is 17.5 Å². The number of amides is 1. The summed E-state index contributed by atoms with van der Waals surface area (Å²) < 4.78 is 5.26. The maximum atomic E-state index is 11.6. The highest BCUT2D eigenvalue weighted by Gasteiger charge is 2.09. The summed E-state index contributed by atoms with van der Waals surface area (Å²) in [7, 11) is 0. The first-order valence-electron chi connectivity index (χ1n) is 5.05. The Morgan fingerprint density at radius 3 is 3.06 bits per heavy atom. The predicted octanol–water partition coefficient (Wildman–Crippen LogP) is 1.65. The number of rotatable bonds is 7. The molecule has 88 valence electrons. The zero-order valence-electron chi connectivity index (χ0n) is 9.07. The second kappa shape index (κ2) is 7.03. The van der Waals surface area contributed by atoms with Crippen LogP contribution in [0.15, 0.2) is 24.1 Å². The highest BCUT2D eigenvalue weighted by molar-refractivity contribution is 7.12. The van der Waals surface area contributed by atoms with Gasteiger partial charge in [-0.1, -0.05) is 6.08 Å². The van der Waals surface area contributed by atoms with Crippen LogP contribution in [-0.2, 0) is 4.74 Å². The largest absolute Gasteiger partial charge is 0.397 e. The van der Waals surface area contributed by atoms with Crippen molar-refractivity contribution in [2.75, 3.05) is 25.5 Å². The Kier molecular flexibility index (Phi) is 5.60. The number of nitrogens with two attached hydrogens (primary N) is 1. The molecule has 0 radical (unpaired) electrons. The molecule has 0 aromatic carbocycles. The Morgan fingerprint density at radius 1 is 1.62 bits per heavy atom. The van der Waals surface area contributed by atoms with Crippen LogP contribution >= 0.6 is 11.3 Å². The zero-order valence-corrected chi connectivity index (χ0v) is 9.89. The number of ether oxygens (including phenoxy) is 1. The van der Waals surface area contributed by atoms with E-state index < -0.39 is 0 Å². The highest BCUT2D eigenvalue weighted by atomic mass is 32.1. The molecule has 0 aliphatic rings. The Bertz CT molecular complexity index is 350. The van der Waals surface area contributed by atoms with Gasteiger partial charge in [0.2, 0.25) is 0 Å². The molecule has 0 saturated carbocycles. The van der Waals surface area contributed by atoms with Crippen LogP contribution in [0.4, 0.5) is 5.69 Å².